The van der Waals surface area contributed by atoms with E-state index in [0.717, 1.165) is 39.9 Å². The minimum absolute atomic E-state index is 0.0500. The molecule has 1 amide bonds. The van der Waals surface area contributed by atoms with Gasteiger partial charge in [-0.25, -0.2) is 9.97 Å². The monoisotopic (exact) mass is 442 g/mol. The molecular weight excluding hydrogens is 420 g/mol. The van der Waals surface area contributed by atoms with Gasteiger partial charge in [-0.3, -0.25) is 9.89 Å². The number of nitrogens with zero attached hydrogens (tertiary/aromatic N) is 3. The van der Waals surface area contributed by atoms with Gasteiger partial charge in [0.05, 0.1) is 31.3 Å². The van der Waals surface area contributed by atoms with Crippen LogP contribution in [0.4, 0.5) is 17.3 Å². The summed E-state index contributed by atoms with van der Waals surface area (Å²) in [6.07, 6.45) is 2.39. The van der Waals surface area contributed by atoms with Crippen molar-refractivity contribution < 1.29 is 14.3 Å². The zero-order valence-electron chi connectivity index (χ0n) is 18.4. The van der Waals surface area contributed by atoms with Gasteiger partial charge in [0.25, 0.3) is 0 Å². The number of aryl methyl sites for hydroxylation is 1. The lowest BCUT2D eigenvalue weighted by atomic mass is 9.91. The van der Waals surface area contributed by atoms with E-state index in [1.165, 1.54) is 0 Å². The molecule has 2 aliphatic rings. The summed E-state index contributed by atoms with van der Waals surface area (Å²) in [4.78, 5) is 21.5. The molecular formula is C24H22N6O3. The molecule has 166 valence electrons. The molecule has 0 radical (unpaired) electrons. The summed E-state index contributed by atoms with van der Waals surface area (Å²) in [6, 6.07) is 11.9. The van der Waals surface area contributed by atoms with Crippen molar-refractivity contribution >= 4 is 34.1 Å². The highest BCUT2D eigenvalue weighted by molar-refractivity contribution is 6.10. The van der Waals surface area contributed by atoms with Gasteiger partial charge >= 0.3 is 0 Å². The number of H-pyrrole nitrogens is 1. The summed E-state index contributed by atoms with van der Waals surface area (Å²) in [7, 11) is 3.21. The second-order valence-corrected chi connectivity index (χ2v) is 8.43. The molecule has 0 bridgehead atoms. The average Bonchev–Trinajstić information content (AvgIpc) is 3.38. The first-order valence-electron chi connectivity index (χ1n) is 10.7. The summed E-state index contributed by atoms with van der Waals surface area (Å²) in [5, 5.41) is 14.7. The number of ether oxygens (including phenoxy) is 2. The number of fused-ring (bicyclic) bond motifs is 3. The van der Waals surface area contributed by atoms with Gasteiger partial charge in [-0.05, 0) is 54.8 Å². The smallest absolute Gasteiger partial charge is 0.235 e. The van der Waals surface area contributed by atoms with Crippen LogP contribution in [0.15, 0.2) is 42.6 Å². The standard InChI is InChI=1S/C24H22N6O3/c1-12-25-11-20(33-3)22(26-12)28-21-15-6-4-13(8-19(15)29-30-21)17-10-24(17)16-9-14(32-2)5-7-18(16)27-23(24)31/h4-9,11,17H,10H2,1-3H3,(H,27,31)(H2,25,26,28,29,30)/t17-,24-/m0/s1. The number of hydrogen-bond acceptors (Lipinski definition) is 7. The van der Waals surface area contributed by atoms with Gasteiger partial charge in [0, 0.05) is 17.0 Å². The zero-order chi connectivity index (χ0) is 22.7. The van der Waals surface area contributed by atoms with E-state index in [0.29, 0.717) is 23.2 Å². The van der Waals surface area contributed by atoms with Crippen molar-refractivity contribution in [3.8, 4) is 11.5 Å². The summed E-state index contributed by atoms with van der Waals surface area (Å²) in [5.41, 5.74) is 3.32. The fraction of sp³-hybridized carbons (Fsp3) is 0.250. The predicted molar refractivity (Wildman–Crippen MR) is 123 cm³/mol. The second-order valence-electron chi connectivity index (χ2n) is 8.43. The number of carbonyl (C=O) groups is 1. The van der Waals surface area contributed by atoms with Crippen LogP contribution in [-0.4, -0.2) is 40.3 Å². The first kappa shape index (κ1) is 19.5. The minimum Gasteiger partial charge on any atom is -0.497 e. The lowest BCUT2D eigenvalue weighted by Crippen LogP contribution is -2.21. The maximum atomic E-state index is 13.0. The molecule has 2 aromatic carbocycles. The van der Waals surface area contributed by atoms with E-state index < -0.39 is 5.41 Å². The van der Waals surface area contributed by atoms with Crippen LogP contribution >= 0.6 is 0 Å². The van der Waals surface area contributed by atoms with Gasteiger partial charge in [0.1, 0.15) is 11.6 Å². The van der Waals surface area contributed by atoms with Crippen LogP contribution in [0.2, 0.25) is 0 Å². The number of nitrogens with one attached hydrogen (secondary N) is 3. The van der Waals surface area contributed by atoms with E-state index in [1.54, 1.807) is 20.4 Å². The minimum atomic E-state index is -0.537. The molecule has 3 N–H and O–H groups in total. The predicted octanol–water partition coefficient (Wildman–Crippen LogP) is 3.80. The number of benzene rings is 2. The van der Waals surface area contributed by atoms with E-state index in [9.17, 15) is 4.79 Å². The van der Waals surface area contributed by atoms with Gasteiger partial charge < -0.3 is 20.1 Å². The Bertz CT molecular complexity index is 1430. The van der Waals surface area contributed by atoms with Crippen LogP contribution in [0.3, 0.4) is 0 Å². The number of carbonyl (C=O) groups excluding carboxylic acids is 1. The Morgan fingerprint density at radius 1 is 1.12 bits per heavy atom. The third-order valence-corrected chi connectivity index (χ3v) is 6.64. The normalized spacial score (nSPS) is 20.6. The highest BCUT2D eigenvalue weighted by Gasteiger charge is 2.65. The molecule has 1 aliphatic carbocycles. The van der Waals surface area contributed by atoms with Crippen molar-refractivity contribution in [2.24, 2.45) is 0 Å². The molecule has 9 nitrogen and oxygen atoms in total. The Morgan fingerprint density at radius 3 is 2.82 bits per heavy atom. The average molecular weight is 442 g/mol. The number of hydrogen-bond donors (Lipinski definition) is 3. The first-order valence-corrected chi connectivity index (χ1v) is 10.7. The molecule has 2 aromatic heterocycles. The molecule has 6 rings (SSSR count). The number of aromatic nitrogens is 4. The van der Waals surface area contributed by atoms with E-state index in [1.807, 2.05) is 31.2 Å². The lowest BCUT2D eigenvalue weighted by molar-refractivity contribution is -0.118. The van der Waals surface area contributed by atoms with Crippen LogP contribution in [0.5, 0.6) is 11.5 Å². The fourth-order valence-electron chi connectivity index (χ4n) is 4.86. The van der Waals surface area contributed by atoms with Crippen LogP contribution < -0.4 is 20.1 Å². The molecule has 1 saturated carbocycles. The quantitative estimate of drug-likeness (QED) is 0.431. The third-order valence-electron chi connectivity index (χ3n) is 6.64. The first-order chi connectivity index (χ1) is 16.0. The van der Waals surface area contributed by atoms with Crippen molar-refractivity contribution in [3.05, 3.63) is 59.5 Å². The van der Waals surface area contributed by atoms with Crippen LogP contribution in [0.25, 0.3) is 10.9 Å². The van der Waals surface area contributed by atoms with Gasteiger partial charge in [-0.1, -0.05) is 6.07 Å². The van der Waals surface area contributed by atoms with Crippen LogP contribution in [-0.2, 0) is 10.2 Å². The van der Waals surface area contributed by atoms with Crippen LogP contribution in [0, 0.1) is 6.92 Å². The summed E-state index contributed by atoms with van der Waals surface area (Å²) >= 11 is 0. The molecule has 9 heteroatoms. The molecule has 2 atom stereocenters. The van der Waals surface area contributed by atoms with Crippen molar-refractivity contribution in [1.82, 2.24) is 20.2 Å². The van der Waals surface area contributed by atoms with Gasteiger partial charge in [-0.2, -0.15) is 5.10 Å². The number of anilines is 3. The Hall–Kier alpha value is -4.14. The lowest BCUT2D eigenvalue weighted by Gasteiger charge is -2.10. The van der Waals surface area contributed by atoms with E-state index >= 15 is 0 Å². The zero-order valence-corrected chi connectivity index (χ0v) is 18.4. The Balaban J connectivity index is 1.33. The number of aromatic amines is 1. The molecule has 1 spiro atoms. The van der Waals surface area contributed by atoms with E-state index in [2.05, 4.69) is 42.9 Å². The SMILES string of the molecule is COc1ccc2c(c1)[C@]1(C[C@H]1c1ccc3c(Nc4nc(C)ncc4OC)n[nH]c3c1)C(=O)N2. The third kappa shape index (κ3) is 2.85. The Labute approximate surface area is 189 Å². The molecule has 3 heterocycles. The Morgan fingerprint density at radius 2 is 2.00 bits per heavy atom. The molecule has 1 fully saturated rings. The van der Waals surface area contributed by atoms with Crippen molar-refractivity contribution in [2.75, 3.05) is 24.9 Å². The second kappa shape index (κ2) is 6.93. The molecule has 0 saturated heterocycles. The summed E-state index contributed by atoms with van der Waals surface area (Å²) < 4.78 is 10.7. The molecule has 0 unspecified atom stereocenters. The summed E-state index contributed by atoms with van der Waals surface area (Å²) in [5.74, 6) is 3.27. The highest BCUT2D eigenvalue weighted by atomic mass is 16.5. The largest absolute Gasteiger partial charge is 0.497 e. The van der Waals surface area contributed by atoms with Gasteiger partial charge in [-0.15, -0.1) is 0 Å². The summed E-state index contributed by atoms with van der Waals surface area (Å²) in [6.45, 7) is 1.82. The fourth-order valence-corrected chi connectivity index (χ4v) is 4.86. The van der Waals surface area contributed by atoms with E-state index in [4.69, 9.17) is 9.47 Å². The van der Waals surface area contributed by atoms with Gasteiger partial charge in [0.15, 0.2) is 17.4 Å². The van der Waals surface area contributed by atoms with Gasteiger partial charge in [0.2, 0.25) is 5.91 Å². The number of methoxy groups -OCH3 is 2. The van der Waals surface area contributed by atoms with Crippen molar-refractivity contribution in [2.45, 2.75) is 24.7 Å². The molecule has 33 heavy (non-hydrogen) atoms. The molecule has 1 aliphatic heterocycles. The maximum Gasteiger partial charge on any atom is 0.235 e. The van der Waals surface area contributed by atoms with Crippen LogP contribution in [0.1, 0.15) is 29.3 Å². The number of rotatable bonds is 5. The number of amides is 1. The molecule has 4 aromatic rings. The maximum absolute atomic E-state index is 13.0. The topological polar surface area (TPSA) is 114 Å². The highest BCUT2D eigenvalue weighted by Crippen LogP contribution is 2.65. The van der Waals surface area contributed by atoms with Crippen molar-refractivity contribution in [3.63, 3.8) is 0 Å². The van der Waals surface area contributed by atoms with Crippen molar-refractivity contribution in [1.29, 1.82) is 0 Å². The Kier molecular flexibility index (Phi) is 4.10. The van der Waals surface area contributed by atoms with E-state index in [-0.39, 0.29) is 11.8 Å².